The average molecular weight is 280 g/mol. The molecule has 2 saturated carbocycles. The first-order valence-electron chi connectivity index (χ1n) is 7.95. The third-order valence-electron chi connectivity index (χ3n) is 5.38. The van der Waals surface area contributed by atoms with Gasteiger partial charge in [0.05, 0.1) is 5.92 Å². The minimum atomic E-state index is -0.738. The highest BCUT2D eigenvalue weighted by molar-refractivity contribution is 5.77. The van der Waals surface area contributed by atoms with Gasteiger partial charge in [0, 0.05) is 19.1 Å². The molecule has 0 aromatic carbocycles. The van der Waals surface area contributed by atoms with E-state index < -0.39 is 5.97 Å². The number of fused-ring (bicyclic) bond motifs is 2. The molecule has 5 nitrogen and oxygen atoms in total. The summed E-state index contributed by atoms with van der Waals surface area (Å²) in [7, 11) is 0. The Bertz CT molecular complexity index is 391. The molecule has 2 aliphatic carbocycles. The lowest BCUT2D eigenvalue weighted by molar-refractivity contribution is -0.144. The first kappa shape index (κ1) is 13.7. The van der Waals surface area contributed by atoms with Crippen molar-refractivity contribution in [3.8, 4) is 0 Å². The first-order chi connectivity index (χ1) is 9.66. The molecule has 1 aliphatic heterocycles. The summed E-state index contributed by atoms with van der Waals surface area (Å²) in [6.07, 6.45) is 7.56. The number of aliphatic carboxylic acids is 1. The van der Waals surface area contributed by atoms with Crippen LogP contribution >= 0.6 is 0 Å². The van der Waals surface area contributed by atoms with Gasteiger partial charge in [-0.25, -0.2) is 4.79 Å². The second kappa shape index (κ2) is 5.62. The van der Waals surface area contributed by atoms with E-state index in [2.05, 4.69) is 5.32 Å². The number of nitrogens with one attached hydrogen (secondary N) is 1. The molecule has 3 rings (SSSR count). The summed E-state index contributed by atoms with van der Waals surface area (Å²) in [5.41, 5.74) is 0. The van der Waals surface area contributed by atoms with E-state index in [0.717, 1.165) is 45.2 Å². The summed E-state index contributed by atoms with van der Waals surface area (Å²) in [5.74, 6) is -0.466. The number of carbonyl (C=O) groups is 2. The molecule has 0 radical (unpaired) electrons. The number of carboxylic acid groups (broad SMARTS) is 1. The van der Waals surface area contributed by atoms with Crippen molar-refractivity contribution in [3.05, 3.63) is 0 Å². The molecule has 0 spiro atoms. The van der Waals surface area contributed by atoms with Gasteiger partial charge in [0.1, 0.15) is 0 Å². The lowest BCUT2D eigenvalue weighted by Crippen LogP contribution is -2.51. The van der Waals surface area contributed by atoms with Gasteiger partial charge in [0.25, 0.3) is 0 Å². The fourth-order valence-electron chi connectivity index (χ4n) is 4.36. The second-order valence-electron chi connectivity index (χ2n) is 6.57. The van der Waals surface area contributed by atoms with Crippen molar-refractivity contribution in [2.24, 2.45) is 17.8 Å². The van der Waals surface area contributed by atoms with Gasteiger partial charge in [0.2, 0.25) is 0 Å². The Hall–Kier alpha value is -1.26. The van der Waals surface area contributed by atoms with E-state index in [-0.39, 0.29) is 23.9 Å². The van der Waals surface area contributed by atoms with Crippen LogP contribution in [0.3, 0.4) is 0 Å². The van der Waals surface area contributed by atoms with Gasteiger partial charge < -0.3 is 15.3 Å². The van der Waals surface area contributed by atoms with E-state index in [1.165, 1.54) is 12.8 Å². The van der Waals surface area contributed by atoms with Crippen LogP contribution < -0.4 is 5.32 Å². The lowest BCUT2D eigenvalue weighted by atomic mass is 9.84. The van der Waals surface area contributed by atoms with Crippen molar-refractivity contribution in [2.75, 3.05) is 13.1 Å². The summed E-state index contributed by atoms with van der Waals surface area (Å²) in [6.45, 7) is 1.62. The van der Waals surface area contributed by atoms with Crippen molar-refractivity contribution in [1.82, 2.24) is 10.2 Å². The number of likely N-dealkylation sites (tertiary alicyclic amines) is 1. The predicted molar refractivity (Wildman–Crippen MR) is 74.3 cm³/mol. The van der Waals surface area contributed by atoms with E-state index in [9.17, 15) is 14.7 Å². The number of rotatable bonds is 2. The van der Waals surface area contributed by atoms with E-state index in [1.54, 1.807) is 0 Å². The molecule has 0 aromatic rings. The highest BCUT2D eigenvalue weighted by atomic mass is 16.4. The van der Waals surface area contributed by atoms with Crippen LogP contribution in [0.5, 0.6) is 0 Å². The topological polar surface area (TPSA) is 69.6 Å². The molecule has 3 fully saturated rings. The largest absolute Gasteiger partial charge is 0.481 e. The molecule has 1 heterocycles. The molecule has 5 heteroatoms. The number of nitrogens with zero attached hydrogens (tertiary/aromatic N) is 1. The van der Waals surface area contributed by atoms with Crippen LogP contribution in [0.4, 0.5) is 4.79 Å². The Morgan fingerprint density at radius 2 is 1.65 bits per heavy atom. The van der Waals surface area contributed by atoms with Crippen molar-refractivity contribution in [3.63, 3.8) is 0 Å². The molecule has 112 valence electrons. The van der Waals surface area contributed by atoms with Crippen molar-refractivity contribution >= 4 is 12.0 Å². The van der Waals surface area contributed by atoms with Crippen LogP contribution in [0.25, 0.3) is 0 Å². The Morgan fingerprint density at radius 3 is 2.30 bits per heavy atom. The van der Waals surface area contributed by atoms with Crippen LogP contribution in [0.2, 0.25) is 0 Å². The molecule has 2 amide bonds. The van der Waals surface area contributed by atoms with Crippen LogP contribution in [0, 0.1) is 17.8 Å². The first-order valence-corrected chi connectivity index (χ1v) is 7.95. The maximum atomic E-state index is 12.4. The van der Waals surface area contributed by atoms with Crippen LogP contribution in [0.1, 0.15) is 44.9 Å². The van der Waals surface area contributed by atoms with E-state index >= 15 is 0 Å². The Labute approximate surface area is 119 Å². The number of hydrogen-bond donors (Lipinski definition) is 2. The molecule has 2 bridgehead atoms. The number of urea groups is 1. The number of amides is 2. The quantitative estimate of drug-likeness (QED) is 0.813. The molecule has 3 aliphatic rings. The second-order valence-corrected chi connectivity index (χ2v) is 6.57. The molecule has 2 N–H and O–H groups in total. The summed E-state index contributed by atoms with van der Waals surface area (Å²) in [6, 6.07) is -0.197. The highest BCUT2D eigenvalue weighted by Gasteiger charge is 2.51. The van der Waals surface area contributed by atoms with Crippen LogP contribution in [-0.2, 0) is 4.79 Å². The smallest absolute Gasteiger partial charge is 0.317 e. The van der Waals surface area contributed by atoms with Gasteiger partial charge in [-0.05, 0) is 43.9 Å². The van der Waals surface area contributed by atoms with Crippen molar-refractivity contribution < 1.29 is 14.7 Å². The lowest BCUT2D eigenvalue weighted by Gasteiger charge is -2.31. The molecule has 0 aromatic heterocycles. The zero-order valence-electron chi connectivity index (χ0n) is 11.9. The minimum absolute atomic E-state index is 0.0456. The Morgan fingerprint density at radius 1 is 1.00 bits per heavy atom. The van der Waals surface area contributed by atoms with Gasteiger partial charge in [-0.2, -0.15) is 0 Å². The van der Waals surface area contributed by atoms with E-state index in [1.807, 2.05) is 4.90 Å². The van der Waals surface area contributed by atoms with Crippen LogP contribution in [0.15, 0.2) is 0 Å². The number of carbonyl (C=O) groups excluding carboxylic acids is 1. The third-order valence-corrected chi connectivity index (χ3v) is 5.38. The molecule has 4 unspecified atom stereocenters. The predicted octanol–water partition coefficient (Wildman–Crippen LogP) is 2.07. The standard InChI is InChI=1S/C15H24N2O3/c18-14(19)12-10-5-6-11(9-10)13(12)16-15(20)17-7-3-1-2-4-8-17/h10-13H,1-9H2,(H,16,20)(H,18,19). The maximum Gasteiger partial charge on any atom is 0.317 e. The van der Waals surface area contributed by atoms with Gasteiger partial charge in [-0.1, -0.05) is 12.8 Å². The molecule has 20 heavy (non-hydrogen) atoms. The average Bonchev–Trinajstić information content (AvgIpc) is 2.89. The summed E-state index contributed by atoms with van der Waals surface area (Å²) < 4.78 is 0. The third kappa shape index (κ3) is 2.50. The molecular weight excluding hydrogens is 256 g/mol. The fraction of sp³-hybridized carbons (Fsp3) is 0.867. The Kier molecular flexibility index (Phi) is 3.85. The normalized spacial score (nSPS) is 36.7. The van der Waals surface area contributed by atoms with Gasteiger partial charge in [0.15, 0.2) is 0 Å². The molecule has 4 atom stereocenters. The summed E-state index contributed by atoms with van der Waals surface area (Å²) in [5, 5.41) is 12.5. The molecular formula is C15H24N2O3. The van der Waals surface area contributed by atoms with E-state index in [4.69, 9.17) is 0 Å². The van der Waals surface area contributed by atoms with Gasteiger partial charge >= 0.3 is 12.0 Å². The van der Waals surface area contributed by atoms with Gasteiger partial charge in [-0.15, -0.1) is 0 Å². The molecule has 1 saturated heterocycles. The highest BCUT2D eigenvalue weighted by Crippen LogP contribution is 2.48. The Balaban J connectivity index is 1.64. The monoisotopic (exact) mass is 280 g/mol. The summed E-state index contributed by atoms with van der Waals surface area (Å²) in [4.78, 5) is 25.7. The van der Waals surface area contributed by atoms with Gasteiger partial charge in [-0.3, -0.25) is 4.79 Å². The minimum Gasteiger partial charge on any atom is -0.481 e. The number of hydrogen-bond acceptors (Lipinski definition) is 2. The zero-order chi connectivity index (χ0) is 14.1. The van der Waals surface area contributed by atoms with Crippen molar-refractivity contribution in [1.29, 1.82) is 0 Å². The van der Waals surface area contributed by atoms with Crippen molar-refractivity contribution in [2.45, 2.75) is 51.0 Å². The van der Waals surface area contributed by atoms with E-state index in [0.29, 0.717) is 5.92 Å². The number of carboxylic acids is 1. The maximum absolute atomic E-state index is 12.4. The zero-order valence-corrected chi connectivity index (χ0v) is 11.9. The van der Waals surface area contributed by atoms with Crippen LogP contribution in [-0.4, -0.2) is 41.1 Å². The SMILES string of the molecule is O=C(O)C1C2CCC(C2)C1NC(=O)N1CCCCCC1. The fourth-order valence-corrected chi connectivity index (χ4v) is 4.36. The summed E-state index contributed by atoms with van der Waals surface area (Å²) >= 11 is 0.